The molecule has 1 aromatic rings. The fourth-order valence-corrected chi connectivity index (χ4v) is 2.47. The minimum absolute atomic E-state index is 0.185. The van der Waals surface area contributed by atoms with Crippen molar-refractivity contribution in [1.29, 1.82) is 0 Å². The van der Waals surface area contributed by atoms with Crippen LogP contribution in [0.15, 0.2) is 10.5 Å². The van der Waals surface area contributed by atoms with Gasteiger partial charge in [0, 0.05) is 10.9 Å². The van der Waals surface area contributed by atoms with Gasteiger partial charge in [-0.1, -0.05) is 15.9 Å². The molecule has 1 aromatic carbocycles. The summed E-state index contributed by atoms with van der Waals surface area (Å²) >= 11 is 2.98. The average Bonchev–Trinajstić information content (AvgIpc) is 2.13. The predicted octanol–water partition coefficient (Wildman–Crippen LogP) is 4.16. The summed E-state index contributed by atoms with van der Waals surface area (Å²) in [6, 6.07) is 0.898. The van der Waals surface area contributed by atoms with Crippen LogP contribution in [0, 0.1) is 11.6 Å². The molecule has 0 amide bonds. The molecule has 0 bridgehead atoms. The summed E-state index contributed by atoms with van der Waals surface area (Å²) in [6.45, 7) is 0. The van der Waals surface area contributed by atoms with Gasteiger partial charge in [-0.2, -0.15) is 0 Å². The lowest BCUT2D eigenvalue weighted by Crippen LogP contribution is -2.24. The highest BCUT2D eigenvalue weighted by atomic mass is 79.9. The van der Waals surface area contributed by atoms with Gasteiger partial charge in [0.25, 0.3) is 5.92 Å². The third kappa shape index (κ3) is 1.67. The highest BCUT2D eigenvalue weighted by Crippen LogP contribution is 2.44. The zero-order valence-electron chi connectivity index (χ0n) is 7.59. The number of benzene rings is 1. The summed E-state index contributed by atoms with van der Waals surface area (Å²) < 4.78 is 53.3. The monoisotopic (exact) mass is 282 g/mol. The molecule has 1 aliphatic rings. The number of hydrogen-bond donors (Lipinski definition) is 0. The summed E-state index contributed by atoms with van der Waals surface area (Å²) in [5, 5.41) is 0. The Morgan fingerprint density at radius 3 is 2.60 bits per heavy atom. The smallest absolute Gasteiger partial charge is 0.204 e. The van der Waals surface area contributed by atoms with E-state index in [0.717, 1.165) is 6.07 Å². The Kier molecular flexibility index (Phi) is 2.53. The second kappa shape index (κ2) is 3.47. The van der Waals surface area contributed by atoms with Crippen LogP contribution in [0.5, 0.6) is 0 Å². The molecule has 0 fully saturated rings. The lowest BCUT2D eigenvalue weighted by molar-refractivity contribution is -0.0259. The number of halogens is 5. The van der Waals surface area contributed by atoms with E-state index in [-0.39, 0.29) is 16.5 Å². The maximum Gasteiger partial charge on any atom is 0.276 e. The van der Waals surface area contributed by atoms with E-state index in [2.05, 4.69) is 15.9 Å². The van der Waals surface area contributed by atoms with Gasteiger partial charge in [-0.25, -0.2) is 17.6 Å². The fourth-order valence-electron chi connectivity index (χ4n) is 1.87. The third-order valence-electron chi connectivity index (χ3n) is 2.56. The van der Waals surface area contributed by atoms with E-state index in [4.69, 9.17) is 0 Å². The lowest BCUT2D eigenvalue weighted by atomic mass is 9.88. The van der Waals surface area contributed by atoms with Crippen molar-refractivity contribution in [1.82, 2.24) is 0 Å². The Bertz CT molecular complexity index is 414. The number of alkyl halides is 2. The molecule has 5 heteroatoms. The molecule has 0 radical (unpaired) electrons. The van der Waals surface area contributed by atoms with E-state index in [0.29, 0.717) is 6.42 Å². The first-order chi connectivity index (χ1) is 6.93. The second-order valence-corrected chi connectivity index (χ2v) is 4.42. The van der Waals surface area contributed by atoms with Crippen LogP contribution in [0.2, 0.25) is 0 Å². The molecule has 0 saturated heterocycles. The molecule has 82 valence electrons. The van der Waals surface area contributed by atoms with Crippen LogP contribution in [0.1, 0.15) is 24.0 Å². The Labute approximate surface area is 92.4 Å². The molecule has 0 N–H and O–H groups in total. The molecule has 2 rings (SSSR count). The molecule has 0 aliphatic heterocycles. The molecule has 0 spiro atoms. The van der Waals surface area contributed by atoms with Crippen LogP contribution in [-0.2, 0) is 12.3 Å². The van der Waals surface area contributed by atoms with Crippen LogP contribution in [0.4, 0.5) is 17.6 Å². The predicted molar refractivity (Wildman–Crippen MR) is 50.9 cm³/mol. The zero-order chi connectivity index (χ0) is 11.2. The van der Waals surface area contributed by atoms with Gasteiger partial charge >= 0.3 is 0 Å². The van der Waals surface area contributed by atoms with Crippen molar-refractivity contribution in [3.8, 4) is 0 Å². The van der Waals surface area contributed by atoms with Crippen molar-refractivity contribution in [2.24, 2.45) is 0 Å². The normalized spacial score (nSPS) is 18.7. The molecule has 1 aliphatic carbocycles. The summed E-state index contributed by atoms with van der Waals surface area (Å²) in [4.78, 5) is 0. The summed E-state index contributed by atoms with van der Waals surface area (Å²) in [5.41, 5.74) is -0.592. The van der Waals surface area contributed by atoms with Crippen molar-refractivity contribution in [2.75, 3.05) is 0 Å². The topological polar surface area (TPSA) is 0 Å². The van der Waals surface area contributed by atoms with Crippen LogP contribution < -0.4 is 0 Å². The number of hydrogen-bond acceptors (Lipinski definition) is 0. The molecule has 0 unspecified atom stereocenters. The van der Waals surface area contributed by atoms with Gasteiger partial charge in [-0.05, 0) is 24.5 Å². The first-order valence-electron chi connectivity index (χ1n) is 4.48. The molecular formula is C10H7BrF4. The highest BCUT2D eigenvalue weighted by Gasteiger charge is 2.41. The minimum Gasteiger partial charge on any atom is -0.204 e. The number of fused-ring (bicyclic) bond motifs is 1. The Balaban J connectivity index is 2.74. The van der Waals surface area contributed by atoms with Crippen molar-refractivity contribution < 1.29 is 17.6 Å². The van der Waals surface area contributed by atoms with Crippen molar-refractivity contribution in [2.45, 2.75) is 25.2 Å². The molecule has 0 saturated carbocycles. The maximum atomic E-state index is 13.4. The van der Waals surface area contributed by atoms with Crippen molar-refractivity contribution in [3.05, 3.63) is 33.3 Å². The average molecular weight is 283 g/mol. The molecule has 0 heterocycles. The van der Waals surface area contributed by atoms with Crippen LogP contribution in [0.25, 0.3) is 0 Å². The first-order valence-corrected chi connectivity index (χ1v) is 5.27. The first kappa shape index (κ1) is 10.9. The maximum absolute atomic E-state index is 13.4. The quantitative estimate of drug-likeness (QED) is 0.495. The zero-order valence-corrected chi connectivity index (χ0v) is 9.17. The Morgan fingerprint density at radius 2 is 1.93 bits per heavy atom. The molecule has 0 atom stereocenters. The van der Waals surface area contributed by atoms with Gasteiger partial charge in [0.1, 0.15) is 0 Å². The molecule has 0 aromatic heterocycles. The summed E-state index contributed by atoms with van der Waals surface area (Å²) in [5.74, 6) is -5.91. The van der Waals surface area contributed by atoms with Gasteiger partial charge < -0.3 is 0 Å². The molecular weight excluding hydrogens is 276 g/mol. The standard InChI is InChI=1S/C10H7BrF4/c11-6-4-7(12)9(13)8-5(6)2-1-3-10(8,14)15/h4H,1-3H2. The second-order valence-electron chi connectivity index (χ2n) is 3.57. The van der Waals surface area contributed by atoms with Crippen LogP contribution in [-0.4, -0.2) is 0 Å². The minimum atomic E-state index is -3.26. The Hall–Kier alpha value is -0.580. The third-order valence-corrected chi connectivity index (χ3v) is 3.26. The van der Waals surface area contributed by atoms with Crippen molar-refractivity contribution in [3.63, 3.8) is 0 Å². The molecule has 0 nitrogen and oxygen atoms in total. The largest absolute Gasteiger partial charge is 0.276 e. The summed E-state index contributed by atoms with van der Waals surface area (Å²) in [6.07, 6.45) is 0.208. The van der Waals surface area contributed by atoms with E-state index >= 15 is 0 Å². The van der Waals surface area contributed by atoms with Crippen LogP contribution in [0.3, 0.4) is 0 Å². The lowest BCUT2D eigenvalue weighted by Gasteiger charge is -2.26. The number of rotatable bonds is 0. The summed E-state index contributed by atoms with van der Waals surface area (Å²) in [7, 11) is 0. The van der Waals surface area contributed by atoms with Crippen molar-refractivity contribution >= 4 is 15.9 Å². The highest BCUT2D eigenvalue weighted by molar-refractivity contribution is 9.10. The Morgan fingerprint density at radius 1 is 1.27 bits per heavy atom. The van der Waals surface area contributed by atoms with E-state index < -0.39 is 29.5 Å². The van der Waals surface area contributed by atoms with Gasteiger partial charge in [0.15, 0.2) is 11.6 Å². The fraction of sp³-hybridized carbons (Fsp3) is 0.400. The SMILES string of the molecule is Fc1cc(Br)c2c(c1F)C(F)(F)CCC2. The van der Waals surface area contributed by atoms with E-state index in [9.17, 15) is 17.6 Å². The van der Waals surface area contributed by atoms with Gasteiger partial charge in [-0.3, -0.25) is 0 Å². The van der Waals surface area contributed by atoms with E-state index in [1.807, 2.05) is 0 Å². The van der Waals surface area contributed by atoms with Gasteiger partial charge in [0.05, 0.1) is 5.56 Å². The molecule has 15 heavy (non-hydrogen) atoms. The van der Waals surface area contributed by atoms with Gasteiger partial charge in [-0.15, -0.1) is 0 Å². The van der Waals surface area contributed by atoms with Crippen LogP contribution >= 0.6 is 15.9 Å². The van der Waals surface area contributed by atoms with Gasteiger partial charge in [0.2, 0.25) is 0 Å². The van der Waals surface area contributed by atoms with E-state index in [1.165, 1.54) is 0 Å². The van der Waals surface area contributed by atoms with E-state index in [1.54, 1.807) is 0 Å².